The molecule has 29 heavy (non-hydrogen) atoms. The molecule has 0 saturated carbocycles. The van der Waals surface area contributed by atoms with Gasteiger partial charge < -0.3 is 19.1 Å². The number of thioether (sulfide) groups is 1. The number of rotatable bonds is 6. The molecular formula is C22H25NO5S. The van der Waals surface area contributed by atoms with Crippen molar-refractivity contribution >= 4 is 29.3 Å². The van der Waals surface area contributed by atoms with E-state index in [4.69, 9.17) is 14.2 Å². The van der Waals surface area contributed by atoms with E-state index in [1.54, 1.807) is 34.9 Å². The van der Waals surface area contributed by atoms with Crippen LogP contribution in [0.3, 0.4) is 0 Å². The van der Waals surface area contributed by atoms with Gasteiger partial charge in [0.25, 0.3) is 5.91 Å². The molecule has 1 aliphatic heterocycles. The SMILES string of the molecule is CCOc1cc(C(=O)OCC(=O)N2CC[C@@H](C)Sc3ccccc32)ccc1OC. The Morgan fingerprint density at radius 1 is 1.17 bits per heavy atom. The van der Waals surface area contributed by atoms with Crippen LogP contribution >= 0.6 is 11.8 Å². The first-order chi connectivity index (χ1) is 14.0. The molecule has 0 radical (unpaired) electrons. The second-order valence-electron chi connectivity index (χ2n) is 6.61. The number of ether oxygens (including phenoxy) is 3. The third-order valence-corrected chi connectivity index (χ3v) is 5.81. The van der Waals surface area contributed by atoms with Gasteiger partial charge >= 0.3 is 5.97 Å². The molecule has 0 unspecified atom stereocenters. The molecule has 2 aromatic carbocycles. The zero-order chi connectivity index (χ0) is 20.8. The topological polar surface area (TPSA) is 65.1 Å². The van der Waals surface area contributed by atoms with E-state index >= 15 is 0 Å². The number of hydrogen-bond donors (Lipinski definition) is 0. The largest absolute Gasteiger partial charge is 0.493 e. The Hall–Kier alpha value is -2.67. The average molecular weight is 416 g/mol. The van der Waals surface area contributed by atoms with Crippen LogP contribution in [0.15, 0.2) is 47.4 Å². The average Bonchev–Trinajstić information content (AvgIpc) is 2.90. The number of nitrogens with zero attached hydrogens (tertiary/aromatic N) is 1. The predicted molar refractivity (Wildman–Crippen MR) is 113 cm³/mol. The second-order valence-corrected chi connectivity index (χ2v) is 8.09. The summed E-state index contributed by atoms with van der Waals surface area (Å²) in [7, 11) is 1.53. The molecule has 7 heteroatoms. The summed E-state index contributed by atoms with van der Waals surface area (Å²) < 4.78 is 16.0. The summed E-state index contributed by atoms with van der Waals surface area (Å²) in [5.41, 5.74) is 1.17. The number of amides is 1. The van der Waals surface area contributed by atoms with Crippen molar-refractivity contribution in [1.82, 2.24) is 0 Å². The lowest BCUT2D eigenvalue weighted by Crippen LogP contribution is -2.35. The molecule has 0 bridgehead atoms. The van der Waals surface area contributed by atoms with Gasteiger partial charge in [-0.25, -0.2) is 4.79 Å². The summed E-state index contributed by atoms with van der Waals surface area (Å²) in [5.74, 6) is 0.183. The van der Waals surface area contributed by atoms with Crippen molar-refractivity contribution < 1.29 is 23.8 Å². The lowest BCUT2D eigenvalue weighted by atomic mass is 10.2. The summed E-state index contributed by atoms with van der Waals surface area (Å²) in [4.78, 5) is 28.1. The highest BCUT2D eigenvalue weighted by Gasteiger charge is 2.25. The van der Waals surface area contributed by atoms with Crippen LogP contribution in [0.2, 0.25) is 0 Å². The van der Waals surface area contributed by atoms with Crippen molar-refractivity contribution in [3.05, 3.63) is 48.0 Å². The number of esters is 1. The maximum atomic E-state index is 12.8. The number of carbonyl (C=O) groups is 2. The third-order valence-electron chi connectivity index (χ3n) is 4.57. The number of para-hydroxylation sites is 1. The Morgan fingerprint density at radius 2 is 1.97 bits per heavy atom. The fraction of sp³-hybridized carbons (Fsp3) is 0.364. The summed E-state index contributed by atoms with van der Waals surface area (Å²) in [6.07, 6.45) is 0.870. The van der Waals surface area contributed by atoms with Gasteiger partial charge in [-0.2, -0.15) is 0 Å². The zero-order valence-corrected chi connectivity index (χ0v) is 17.7. The van der Waals surface area contributed by atoms with Gasteiger partial charge in [-0.05, 0) is 43.7 Å². The fourth-order valence-corrected chi connectivity index (χ4v) is 4.22. The van der Waals surface area contributed by atoms with Gasteiger partial charge in [-0.1, -0.05) is 19.1 Å². The smallest absolute Gasteiger partial charge is 0.338 e. The Labute approximate surface area is 175 Å². The summed E-state index contributed by atoms with van der Waals surface area (Å²) in [6.45, 7) is 4.72. The van der Waals surface area contributed by atoms with Crippen molar-refractivity contribution in [3.63, 3.8) is 0 Å². The van der Waals surface area contributed by atoms with E-state index in [0.717, 1.165) is 17.0 Å². The van der Waals surface area contributed by atoms with Crippen LogP contribution in [0.5, 0.6) is 11.5 Å². The number of hydrogen-bond acceptors (Lipinski definition) is 6. The maximum absolute atomic E-state index is 12.8. The van der Waals surface area contributed by atoms with Crippen LogP contribution in [0.1, 0.15) is 30.6 Å². The Bertz CT molecular complexity index is 885. The van der Waals surface area contributed by atoms with Crippen molar-refractivity contribution in [1.29, 1.82) is 0 Å². The van der Waals surface area contributed by atoms with Crippen molar-refractivity contribution in [2.24, 2.45) is 0 Å². The first-order valence-corrected chi connectivity index (χ1v) is 10.5. The molecule has 2 aromatic rings. The Morgan fingerprint density at radius 3 is 2.72 bits per heavy atom. The van der Waals surface area contributed by atoms with Crippen molar-refractivity contribution in [3.8, 4) is 11.5 Å². The van der Waals surface area contributed by atoms with E-state index in [2.05, 4.69) is 6.92 Å². The molecule has 1 amide bonds. The summed E-state index contributed by atoms with van der Waals surface area (Å²) in [6, 6.07) is 12.6. The van der Waals surface area contributed by atoms with Crippen LogP contribution in [0.4, 0.5) is 5.69 Å². The lowest BCUT2D eigenvalue weighted by molar-refractivity contribution is -0.121. The first-order valence-electron chi connectivity index (χ1n) is 9.57. The minimum absolute atomic E-state index is 0.237. The molecule has 0 aliphatic carbocycles. The molecule has 1 heterocycles. The van der Waals surface area contributed by atoms with Gasteiger partial charge in [0.1, 0.15) is 0 Å². The van der Waals surface area contributed by atoms with E-state index in [-0.39, 0.29) is 12.5 Å². The predicted octanol–water partition coefficient (Wildman–Crippen LogP) is 4.17. The van der Waals surface area contributed by atoms with Gasteiger partial charge in [0.05, 0.1) is 25.0 Å². The normalized spacial score (nSPS) is 15.8. The van der Waals surface area contributed by atoms with Crippen LogP contribution < -0.4 is 14.4 Å². The summed E-state index contributed by atoms with van der Waals surface area (Å²) in [5, 5.41) is 0.410. The number of methoxy groups -OCH3 is 1. The molecule has 0 aromatic heterocycles. The van der Waals surface area contributed by atoms with E-state index in [1.807, 2.05) is 31.2 Å². The zero-order valence-electron chi connectivity index (χ0n) is 16.8. The van der Waals surface area contributed by atoms with Gasteiger partial charge in [-0.15, -0.1) is 11.8 Å². The third kappa shape index (κ3) is 5.03. The minimum Gasteiger partial charge on any atom is -0.493 e. The maximum Gasteiger partial charge on any atom is 0.338 e. The van der Waals surface area contributed by atoms with Gasteiger partial charge in [0.2, 0.25) is 0 Å². The van der Waals surface area contributed by atoms with E-state index in [1.165, 1.54) is 7.11 Å². The lowest BCUT2D eigenvalue weighted by Gasteiger charge is -2.22. The molecule has 1 aliphatic rings. The highest BCUT2D eigenvalue weighted by atomic mass is 32.2. The molecule has 1 atom stereocenters. The minimum atomic E-state index is -0.576. The highest BCUT2D eigenvalue weighted by Crippen LogP contribution is 2.37. The standard InChI is InChI=1S/C22H25NO5S/c1-4-27-19-13-16(9-10-18(19)26-3)22(25)28-14-21(24)23-12-11-15(2)29-20-8-6-5-7-17(20)23/h5-10,13,15H,4,11-12,14H2,1-3H3/t15-/m1/s1. The number of benzene rings is 2. The molecule has 6 nitrogen and oxygen atoms in total. The van der Waals surface area contributed by atoms with Crippen molar-refractivity contribution in [2.45, 2.75) is 30.4 Å². The molecule has 0 N–H and O–H groups in total. The molecule has 3 rings (SSSR count). The second kappa shape index (κ2) is 9.69. The van der Waals surface area contributed by atoms with Crippen LogP contribution in [0, 0.1) is 0 Å². The monoisotopic (exact) mass is 415 g/mol. The highest BCUT2D eigenvalue weighted by molar-refractivity contribution is 8.00. The fourth-order valence-electron chi connectivity index (χ4n) is 3.11. The molecule has 0 spiro atoms. The number of carbonyl (C=O) groups excluding carboxylic acids is 2. The van der Waals surface area contributed by atoms with E-state index < -0.39 is 5.97 Å². The molecule has 0 saturated heterocycles. The Kier molecular flexibility index (Phi) is 7.04. The van der Waals surface area contributed by atoms with E-state index in [0.29, 0.717) is 35.5 Å². The van der Waals surface area contributed by atoms with Crippen LogP contribution in [0.25, 0.3) is 0 Å². The van der Waals surface area contributed by atoms with E-state index in [9.17, 15) is 9.59 Å². The molecular weight excluding hydrogens is 390 g/mol. The van der Waals surface area contributed by atoms with Crippen LogP contribution in [-0.2, 0) is 9.53 Å². The number of anilines is 1. The van der Waals surface area contributed by atoms with Gasteiger partial charge in [0, 0.05) is 16.7 Å². The van der Waals surface area contributed by atoms with Crippen molar-refractivity contribution in [2.75, 3.05) is 31.8 Å². The molecule has 154 valence electrons. The number of fused-ring (bicyclic) bond motifs is 1. The first kappa shape index (κ1) is 21.0. The quantitative estimate of drug-likeness (QED) is 0.660. The Balaban J connectivity index is 1.69. The molecule has 0 fully saturated rings. The van der Waals surface area contributed by atoms with Gasteiger partial charge in [0.15, 0.2) is 18.1 Å². The van der Waals surface area contributed by atoms with Crippen LogP contribution in [-0.4, -0.2) is 44.0 Å². The summed E-state index contributed by atoms with van der Waals surface area (Å²) >= 11 is 1.76. The van der Waals surface area contributed by atoms with Gasteiger partial charge in [-0.3, -0.25) is 4.79 Å².